The number of hydrogen-bond acceptors (Lipinski definition) is 5. The smallest absolute Gasteiger partial charge is 0.270 e. The first kappa shape index (κ1) is 18.2. The van der Waals surface area contributed by atoms with Crippen molar-refractivity contribution in [2.45, 2.75) is 20.3 Å². The summed E-state index contributed by atoms with van der Waals surface area (Å²) in [5, 5.41) is 6.61. The van der Waals surface area contributed by atoms with Gasteiger partial charge in [-0.05, 0) is 50.1 Å². The second kappa shape index (κ2) is 8.61. The summed E-state index contributed by atoms with van der Waals surface area (Å²) in [4.78, 5) is 20.8. The van der Waals surface area contributed by atoms with Gasteiger partial charge in [-0.3, -0.25) is 4.79 Å². The van der Waals surface area contributed by atoms with Gasteiger partial charge in [0.15, 0.2) is 0 Å². The largest absolute Gasteiger partial charge is 0.385 e. The normalized spacial score (nSPS) is 10.5. The molecule has 1 aromatic heterocycles. The third-order valence-electron chi connectivity index (χ3n) is 3.33. The Morgan fingerprint density at radius 2 is 2.04 bits per heavy atom. The summed E-state index contributed by atoms with van der Waals surface area (Å²) < 4.78 is 4.96. The Morgan fingerprint density at radius 3 is 2.75 bits per heavy atom. The minimum Gasteiger partial charge on any atom is -0.385 e. The van der Waals surface area contributed by atoms with E-state index in [-0.39, 0.29) is 5.91 Å². The van der Waals surface area contributed by atoms with Gasteiger partial charge in [-0.2, -0.15) is 0 Å². The number of benzene rings is 1. The molecule has 2 aromatic rings. The number of ether oxygens (including phenoxy) is 1. The van der Waals surface area contributed by atoms with E-state index in [9.17, 15) is 4.79 Å². The van der Waals surface area contributed by atoms with Crippen LogP contribution >= 0.6 is 11.6 Å². The number of carbonyl (C=O) groups is 1. The Hall–Kier alpha value is -2.18. The molecule has 0 unspecified atom stereocenters. The number of aromatic nitrogens is 2. The first-order valence-electron chi connectivity index (χ1n) is 7.65. The number of aryl methyl sites for hydroxylation is 2. The average Bonchev–Trinajstić information content (AvgIpc) is 2.53. The van der Waals surface area contributed by atoms with Gasteiger partial charge >= 0.3 is 0 Å². The minimum atomic E-state index is -0.229. The first-order valence-corrected chi connectivity index (χ1v) is 8.03. The lowest BCUT2D eigenvalue weighted by Crippen LogP contribution is -2.26. The third-order valence-corrected chi connectivity index (χ3v) is 3.57. The van der Waals surface area contributed by atoms with Gasteiger partial charge in [0.2, 0.25) is 5.95 Å². The lowest BCUT2D eigenvalue weighted by Gasteiger charge is -2.11. The summed E-state index contributed by atoms with van der Waals surface area (Å²) >= 11 is 5.96. The van der Waals surface area contributed by atoms with Crippen molar-refractivity contribution >= 4 is 29.1 Å². The van der Waals surface area contributed by atoms with Crippen molar-refractivity contribution in [1.82, 2.24) is 15.3 Å². The zero-order chi connectivity index (χ0) is 17.5. The number of hydrogen-bond donors (Lipinski definition) is 2. The monoisotopic (exact) mass is 348 g/mol. The fourth-order valence-electron chi connectivity index (χ4n) is 2.14. The Balaban J connectivity index is 2.11. The van der Waals surface area contributed by atoms with Crippen LogP contribution in [0.2, 0.25) is 5.02 Å². The molecule has 0 saturated heterocycles. The van der Waals surface area contributed by atoms with Gasteiger partial charge in [-0.15, -0.1) is 0 Å². The molecule has 0 fully saturated rings. The summed E-state index contributed by atoms with van der Waals surface area (Å²) in [5.41, 5.74) is 2.85. The van der Waals surface area contributed by atoms with Crippen molar-refractivity contribution in [2.75, 3.05) is 25.6 Å². The highest BCUT2D eigenvalue weighted by molar-refractivity contribution is 6.30. The fourth-order valence-corrected chi connectivity index (χ4v) is 2.36. The number of rotatable bonds is 7. The number of methoxy groups -OCH3 is 1. The van der Waals surface area contributed by atoms with Crippen molar-refractivity contribution in [2.24, 2.45) is 0 Å². The summed E-state index contributed by atoms with van der Waals surface area (Å²) in [6.07, 6.45) is 0.751. The molecule has 0 aliphatic carbocycles. The molecular weight excluding hydrogens is 328 g/mol. The average molecular weight is 349 g/mol. The highest BCUT2D eigenvalue weighted by Gasteiger charge is 2.11. The highest BCUT2D eigenvalue weighted by atomic mass is 35.5. The second-order valence-corrected chi connectivity index (χ2v) is 5.84. The standard InChI is InChI=1S/C17H21ClN4O2/c1-11-9-13(18)5-6-14(11)21-17-20-12(2)10-15(22-17)16(23)19-7-4-8-24-3/h5-6,9-10H,4,7-8H2,1-3H3,(H,19,23)(H,20,21,22). The molecule has 0 spiro atoms. The summed E-state index contributed by atoms with van der Waals surface area (Å²) in [5.74, 6) is 0.148. The van der Waals surface area contributed by atoms with Gasteiger partial charge in [0, 0.05) is 36.7 Å². The maximum atomic E-state index is 12.2. The van der Waals surface area contributed by atoms with Gasteiger partial charge in [0.25, 0.3) is 5.91 Å². The molecule has 2 rings (SSSR count). The highest BCUT2D eigenvalue weighted by Crippen LogP contribution is 2.22. The molecule has 2 N–H and O–H groups in total. The molecule has 0 aliphatic heterocycles. The molecule has 24 heavy (non-hydrogen) atoms. The quantitative estimate of drug-likeness (QED) is 0.751. The van der Waals surface area contributed by atoms with E-state index < -0.39 is 0 Å². The van der Waals surface area contributed by atoms with Crippen LogP contribution in [0.5, 0.6) is 0 Å². The molecule has 1 heterocycles. The molecule has 0 bridgehead atoms. The van der Waals surface area contributed by atoms with E-state index in [1.807, 2.05) is 26.0 Å². The van der Waals surface area contributed by atoms with Crippen LogP contribution in [0.3, 0.4) is 0 Å². The first-order chi connectivity index (χ1) is 11.5. The van der Waals surface area contributed by atoms with Crippen LogP contribution in [0.1, 0.15) is 28.2 Å². The number of amides is 1. The van der Waals surface area contributed by atoms with E-state index in [2.05, 4.69) is 20.6 Å². The number of anilines is 2. The lowest BCUT2D eigenvalue weighted by molar-refractivity contribution is 0.0943. The lowest BCUT2D eigenvalue weighted by atomic mass is 10.2. The minimum absolute atomic E-state index is 0.229. The van der Waals surface area contributed by atoms with Crippen LogP contribution in [0.15, 0.2) is 24.3 Å². The fraction of sp³-hybridized carbons (Fsp3) is 0.353. The van der Waals surface area contributed by atoms with Crippen LogP contribution in [0.25, 0.3) is 0 Å². The van der Waals surface area contributed by atoms with Gasteiger partial charge in [0.1, 0.15) is 5.69 Å². The zero-order valence-electron chi connectivity index (χ0n) is 14.0. The molecule has 0 atom stereocenters. The molecule has 1 aromatic carbocycles. The number of nitrogens with zero attached hydrogens (tertiary/aromatic N) is 2. The number of carbonyl (C=O) groups excluding carboxylic acids is 1. The van der Waals surface area contributed by atoms with Crippen molar-refractivity contribution < 1.29 is 9.53 Å². The van der Waals surface area contributed by atoms with E-state index in [4.69, 9.17) is 16.3 Å². The predicted octanol–water partition coefficient (Wildman–Crippen LogP) is 3.26. The van der Waals surface area contributed by atoms with Crippen LogP contribution in [-0.2, 0) is 4.74 Å². The van der Waals surface area contributed by atoms with E-state index in [0.717, 1.165) is 17.7 Å². The molecule has 0 saturated carbocycles. The Bertz CT molecular complexity index is 722. The van der Waals surface area contributed by atoms with Crippen LogP contribution in [0.4, 0.5) is 11.6 Å². The van der Waals surface area contributed by atoms with Gasteiger partial charge in [0.05, 0.1) is 0 Å². The van der Waals surface area contributed by atoms with E-state index in [1.54, 1.807) is 19.2 Å². The Kier molecular flexibility index (Phi) is 6.52. The molecule has 1 amide bonds. The predicted molar refractivity (Wildman–Crippen MR) is 95.1 cm³/mol. The van der Waals surface area contributed by atoms with Crippen molar-refractivity contribution in [3.63, 3.8) is 0 Å². The molecule has 0 aliphatic rings. The van der Waals surface area contributed by atoms with E-state index in [0.29, 0.717) is 35.5 Å². The molecular formula is C17H21ClN4O2. The third kappa shape index (κ3) is 5.18. The van der Waals surface area contributed by atoms with Crippen molar-refractivity contribution in [3.05, 3.63) is 46.2 Å². The van der Waals surface area contributed by atoms with Crippen molar-refractivity contribution in [1.29, 1.82) is 0 Å². The summed E-state index contributed by atoms with van der Waals surface area (Å²) in [7, 11) is 1.63. The summed E-state index contributed by atoms with van der Waals surface area (Å²) in [6, 6.07) is 7.15. The Morgan fingerprint density at radius 1 is 1.25 bits per heavy atom. The van der Waals surface area contributed by atoms with E-state index in [1.165, 1.54) is 0 Å². The van der Waals surface area contributed by atoms with Gasteiger partial charge < -0.3 is 15.4 Å². The molecule has 128 valence electrons. The molecule has 6 nitrogen and oxygen atoms in total. The number of halogens is 1. The SMILES string of the molecule is COCCCNC(=O)c1cc(C)nc(Nc2ccc(Cl)cc2C)n1. The van der Waals surface area contributed by atoms with Crippen LogP contribution in [-0.4, -0.2) is 36.1 Å². The topological polar surface area (TPSA) is 76.1 Å². The summed E-state index contributed by atoms with van der Waals surface area (Å²) in [6.45, 7) is 4.90. The van der Waals surface area contributed by atoms with Crippen LogP contribution < -0.4 is 10.6 Å². The van der Waals surface area contributed by atoms with Crippen LogP contribution in [0, 0.1) is 13.8 Å². The molecule has 0 radical (unpaired) electrons. The maximum absolute atomic E-state index is 12.2. The van der Waals surface area contributed by atoms with Crippen molar-refractivity contribution in [3.8, 4) is 0 Å². The molecule has 7 heteroatoms. The zero-order valence-corrected chi connectivity index (χ0v) is 14.8. The van der Waals surface area contributed by atoms with E-state index >= 15 is 0 Å². The second-order valence-electron chi connectivity index (χ2n) is 5.40. The van der Waals surface area contributed by atoms with Gasteiger partial charge in [-0.1, -0.05) is 11.6 Å². The maximum Gasteiger partial charge on any atom is 0.270 e. The van der Waals surface area contributed by atoms with Gasteiger partial charge in [-0.25, -0.2) is 9.97 Å². The number of nitrogens with one attached hydrogen (secondary N) is 2. The Labute approximate surface area is 146 Å².